The van der Waals surface area contributed by atoms with E-state index in [0.29, 0.717) is 0 Å². The van der Waals surface area contributed by atoms with Gasteiger partial charge in [-0.2, -0.15) is 13.2 Å². The topological polar surface area (TPSA) is 38.0 Å². The lowest BCUT2D eigenvalue weighted by molar-refractivity contribution is -0.0327. The maximum atomic E-state index is 12.0. The standard InChI is InChI=1S/C7H6ClF3N2S/c8-4-2-1-3-5(6(4)13-12)14-7(9,10)11/h1-3,13H,12H2. The van der Waals surface area contributed by atoms with E-state index in [2.05, 4.69) is 5.43 Å². The number of nitrogens with one attached hydrogen (secondary N) is 1. The van der Waals surface area contributed by atoms with E-state index in [4.69, 9.17) is 17.4 Å². The molecule has 0 saturated carbocycles. The van der Waals surface area contributed by atoms with Crippen LogP contribution < -0.4 is 11.3 Å². The molecular weight excluding hydrogens is 237 g/mol. The molecule has 14 heavy (non-hydrogen) atoms. The summed E-state index contributed by atoms with van der Waals surface area (Å²) in [5.74, 6) is 5.06. The van der Waals surface area contributed by atoms with E-state index in [-0.39, 0.29) is 27.4 Å². The molecular formula is C7H6ClF3N2S. The first kappa shape index (κ1) is 11.5. The van der Waals surface area contributed by atoms with Gasteiger partial charge < -0.3 is 5.43 Å². The third-order valence-corrected chi connectivity index (χ3v) is 2.45. The molecule has 78 valence electrons. The second kappa shape index (κ2) is 4.29. The van der Waals surface area contributed by atoms with E-state index in [9.17, 15) is 13.2 Å². The van der Waals surface area contributed by atoms with Crippen molar-refractivity contribution in [3.8, 4) is 0 Å². The van der Waals surface area contributed by atoms with Crippen molar-refractivity contribution < 1.29 is 13.2 Å². The Labute approximate surface area is 87.6 Å². The third-order valence-electron chi connectivity index (χ3n) is 1.35. The van der Waals surface area contributed by atoms with Crippen molar-refractivity contribution in [2.24, 2.45) is 5.84 Å². The Bertz CT molecular complexity index is 329. The number of halogens is 4. The minimum atomic E-state index is -4.35. The molecule has 0 aromatic heterocycles. The van der Waals surface area contributed by atoms with Crippen molar-refractivity contribution in [1.29, 1.82) is 0 Å². The number of para-hydroxylation sites is 1. The second-order valence-electron chi connectivity index (χ2n) is 2.31. The molecule has 1 rings (SSSR count). The number of rotatable bonds is 2. The lowest BCUT2D eigenvalue weighted by atomic mass is 10.3. The number of hydrazine groups is 1. The Morgan fingerprint density at radius 3 is 2.50 bits per heavy atom. The van der Waals surface area contributed by atoms with Crippen LogP contribution in [0, 0.1) is 0 Å². The van der Waals surface area contributed by atoms with Crippen LogP contribution >= 0.6 is 23.4 Å². The molecule has 1 aromatic carbocycles. The first-order valence-corrected chi connectivity index (χ1v) is 4.64. The number of thioether (sulfide) groups is 1. The average Bonchev–Trinajstić information content (AvgIpc) is 2.01. The second-order valence-corrected chi connectivity index (χ2v) is 3.82. The van der Waals surface area contributed by atoms with Gasteiger partial charge in [-0.15, -0.1) is 0 Å². The number of hydrogen-bond donors (Lipinski definition) is 2. The molecule has 0 atom stereocenters. The Morgan fingerprint density at radius 1 is 1.36 bits per heavy atom. The maximum absolute atomic E-state index is 12.0. The van der Waals surface area contributed by atoms with Gasteiger partial charge in [0.2, 0.25) is 0 Å². The minimum absolute atomic E-state index is 0.0486. The van der Waals surface area contributed by atoms with Crippen molar-refractivity contribution in [2.75, 3.05) is 5.43 Å². The predicted molar refractivity (Wildman–Crippen MR) is 51.2 cm³/mol. The molecule has 0 fully saturated rings. The molecule has 7 heteroatoms. The Morgan fingerprint density at radius 2 is 2.00 bits per heavy atom. The van der Waals surface area contributed by atoms with Crippen LogP contribution in [0.1, 0.15) is 0 Å². The fraction of sp³-hybridized carbons (Fsp3) is 0.143. The molecule has 0 saturated heterocycles. The quantitative estimate of drug-likeness (QED) is 0.475. The van der Waals surface area contributed by atoms with Crippen LogP contribution in [-0.2, 0) is 0 Å². The minimum Gasteiger partial charge on any atom is -0.322 e. The van der Waals surface area contributed by atoms with Crippen LogP contribution in [-0.4, -0.2) is 5.51 Å². The summed E-state index contributed by atoms with van der Waals surface area (Å²) in [6, 6.07) is 4.17. The van der Waals surface area contributed by atoms with Gasteiger partial charge in [0.05, 0.1) is 10.7 Å². The molecule has 0 aliphatic rings. The largest absolute Gasteiger partial charge is 0.446 e. The van der Waals surface area contributed by atoms with Gasteiger partial charge in [0.25, 0.3) is 0 Å². The number of nitrogen functional groups attached to an aromatic ring is 1. The van der Waals surface area contributed by atoms with Crippen LogP contribution in [0.5, 0.6) is 0 Å². The summed E-state index contributed by atoms with van der Waals surface area (Å²) in [6.07, 6.45) is 0. The Hall–Kier alpha value is -0.590. The van der Waals surface area contributed by atoms with Gasteiger partial charge >= 0.3 is 5.51 Å². The van der Waals surface area contributed by atoms with Crippen LogP contribution in [0.3, 0.4) is 0 Å². The van der Waals surface area contributed by atoms with Gasteiger partial charge in [-0.05, 0) is 23.9 Å². The third kappa shape index (κ3) is 2.97. The predicted octanol–water partition coefficient (Wildman–Crippen LogP) is 3.24. The molecule has 3 N–H and O–H groups in total. The molecule has 0 unspecified atom stereocenters. The number of hydrogen-bond acceptors (Lipinski definition) is 3. The fourth-order valence-corrected chi connectivity index (χ4v) is 1.81. The molecule has 0 amide bonds. The summed E-state index contributed by atoms with van der Waals surface area (Å²) >= 11 is 5.37. The number of anilines is 1. The van der Waals surface area contributed by atoms with Gasteiger partial charge in [0.1, 0.15) is 0 Å². The highest BCUT2D eigenvalue weighted by molar-refractivity contribution is 8.00. The van der Waals surface area contributed by atoms with Crippen LogP contribution in [0.15, 0.2) is 23.1 Å². The zero-order chi connectivity index (χ0) is 10.8. The monoisotopic (exact) mass is 242 g/mol. The maximum Gasteiger partial charge on any atom is 0.446 e. The fourth-order valence-electron chi connectivity index (χ4n) is 0.854. The van der Waals surface area contributed by atoms with Crippen molar-refractivity contribution in [3.05, 3.63) is 23.2 Å². The summed E-state index contributed by atoms with van der Waals surface area (Å²) in [5, 5.41) is 0.154. The zero-order valence-electron chi connectivity index (χ0n) is 6.73. The van der Waals surface area contributed by atoms with Crippen molar-refractivity contribution in [1.82, 2.24) is 0 Å². The first-order chi connectivity index (χ1) is 6.44. The summed E-state index contributed by atoms with van der Waals surface area (Å²) in [7, 11) is 0. The average molecular weight is 243 g/mol. The number of nitrogens with two attached hydrogens (primary N) is 1. The Balaban J connectivity index is 3.02. The van der Waals surface area contributed by atoms with E-state index < -0.39 is 5.51 Å². The summed E-state index contributed by atoms with van der Waals surface area (Å²) in [4.78, 5) is -0.0486. The number of benzene rings is 1. The van der Waals surface area contributed by atoms with Gasteiger partial charge in [0.15, 0.2) is 0 Å². The molecule has 1 aromatic rings. The molecule has 0 heterocycles. The zero-order valence-corrected chi connectivity index (χ0v) is 8.30. The van der Waals surface area contributed by atoms with Gasteiger partial charge in [-0.25, -0.2) is 0 Å². The SMILES string of the molecule is NNc1c(Cl)cccc1SC(F)(F)F. The highest BCUT2D eigenvalue weighted by Gasteiger charge is 2.30. The molecule has 2 nitrogen and oxygen atoms in total. The van der Waals surface area contributed by atoms with Crippen molar-refractivity contribution in [3.63, 3.8) is 0 Å². The summed E-state index contributed by atoms with van der Waals surface area (Å²) in [5.41, 5.74) is -2.14. The lowest BCUT2D eigenvalue weighted by Crippen LogP contribution is -2.09. The highest BCUT2D eigenvalue weighted by Crippen LogP contribution is 2.42. The summed E-state index contributed by atoms with van der Waals surface area (Å²) in [6.45, 7) is 0. The molecule has 0 radical (unpaired) electrons. The molecule has 0 aliphatic heterocycles. The van der Waals surface area contributed by atoms with Gasteiger partial charge in [-0.1, -0.05) is 17.7 Å². The van der Waals surface area contributed by atoms with E-state index in [1.165, 1.54) is 18.2 Å². The molecule has 0 aliphatic carbocycles. The highest BCUT2D eigenvalue weighted by atomic mass is 35.5. The Kier molecular flexibility index (Phi) is 3.52. The van der Waals surface area contributed by atoms with Crippen molar-refractivity contribution >= 4 is 29.1 Å². The van der Waals surface area contributed by atoms with Crippen LogP contribution in [0.4, 0.5) is 18.9 Å². The smallest absolute Gasteiger partial charge is 0.322 e. The van der Waals surface area contributed by atoms with Crippen LogP contribution in [0.25, 0.3) is 0 Å². The normalized spacial score (nSPS) is 11.5. The van der Waals surface area contributed by atoms with E-state index >= 15 is 0 Å². The van der Waals surface area contributed by atoms with Gasteiger partial charge in [-0.3, -0.25) is 5.84 Å². The molecule has 0 bridgehead atoms. The molecule has 0 spiro atoms. The summed E-state index contributed by atoms with van der Waals surface area (Å²) < 4.78 is 36.1. The van der Waals surface area contributed by atoms with Gasteiger partial charge in [0, 0.05) is 4.90 Å². The van der Waals surface area contributed by atoms with E-state index in [1.807, 2.05) is 0 Å². The lowest BCUT2D eigenvalue weighted by Gasteiger charge is -2.11. The van der Waals surface area contributed by atoms with E-state index in [1.54, 1.807) is 0 Å². The number of alkyl halides is 3. The first-order valence-electron chi connectivity index (χ1n) is 3.45. The van der Waals surface area contributed by atoms with Crippen molar-refractivity contribution in [2.45, 2.75) is 10.4 Å². The van der Waals surface area contributed by atoms with E-state index in [0.717, 1.165) is 0 Å². The van der Waals surface area contributed by atoms with Crippen LogP contribution in [0.2, 0.25) is 5.02 Å².